The Kier molecular flexibility index (Phi) is 6.49. The van der Waals surface area contributed by atoms with Crippen molar-refractivity contribution in [2.45, 2.75) is 16.2 Å². The molecule has 3 aromatic carbocycles. The minimum absolute atomic E-state index is 0.0113. The molecule has 0 N–H and O–H groups in total. The maximum absolute atomic E-state index is 13.1. The molecule has 1 aromatic heterocycles. The van der Waals surface area contributed by atoms with Crippen LogP contribution >= 0.6 is 23.4 Å². The summed E-state index contributed by atoms with van der Waals surface area (Å²) in [5.41, 5.74) is -0.506. The van der Waals surface area contributed by atoms with Gasteiger partial charge in [-0.3, -0.25) is 14.7 Å². The van der Waals surface area contributed by atoms with Gasteiger partial charge in [0, 0.05) is 16.7 Å². The van der Waals surface area contributed by atoms with Crippen molar-refractivity contribution in [3.63, 3.8) is 0 Å². The van der Waals surface area contributed by atoms with Crippen LogP contribution in [-0.2, 0) is 6.18 Å². The Hall–Kier alpha value is -3.57. The van der Waals surface area contributed by atoms with E-state index >= 15 is 0 Å². The smallest absolute Gasteiger partial charge is 0.416 e. The van der Waals surface area contributed by atoms with E-state index in [1.807, 2.05) is 0 Å². The summed E-state index contributed by atoms with van der Waals surface area (Å²) in [5, 5.41) is 20.7. The second-order valence-corrected chi connectivity index (χ2v) is 8.33. The first kappa shape index (κ1) is 23.6. The molecule has 0 saturated carbocycles. The highest BCUT2D eigenvalue weighted by Gasteiger charge is 2.33. The molecule has 0 fully saturated rings. The summed E-state index contributed by atoms with van der Waals surface area (Å²) in [6.07, 6.45) is -4.71. The molecule has 0 aliphatic carbocycles. The van der Waals surface area contributed by atoms with Crippen LogP contribution in [0, 0.1) is 10.1 Å². The number of nitro benzene ring substituents is 1. The van der Waals surface area contributed by atoms with Crippen molar-refractivity contribution >= 4 is 29.1 Å². The van der Waals surface area contributed by atoms with Gasteiger partial charge in [0.1, 0.15) is 5.75 Å². The molecule has 0 spiro atoms. The molecule has 0 aliphatic rings. The number of nitro groups is 1. The van der Waals surface area contributed by atoms with E-state index in [4.69, 9.17) is 16.3 Å². The van der Waals surface area contributed by atoms with Gasteiger partial charge in [-0.15, -0.1) is 10.2 Å². The first-order valence-corrected chi connectivity index (χ1v) is 10.8. The van der Waals surface area contributed by atoms with Crippen LogP contribution < -0.4 is 4.74 Å². The van der Waals surface area contributed by atoms with Gasteiger partial charge in [-0.05, 0) is 72.4 Å². The number of hydrogen-bond acceptors (Lipinski definition) is 6. The highest BCUT2D eigenvalue weighted by atomic mass is 35.5. The molecule has 1 heterocycles. The normalized spacial score (nSPS) is 11.4. The van der Waals surface area contributed by atoms with Gasteiger partial charge >= 0.3 is 6.18 Å². The molecule has 34 heavy (non-hydrogen) atoms. The van der Waals surface area contributed by atoms with Gasteiger partial charge in [0.15, 0.2) is 5.82 Å². The van der Waals surface area contributed by atoms with E-state index in [1.54, 1.807) is 53.1 Å². The number of rotatable bonds is 6. The van der Waals surface area contributed by atoms with Crippen LogP contribution in [-0.4, -0.2) is 26.8 Å². The van der Waals surface area contributed by atoms with Gasteiger partial charge in [-0.2, -0.15) is 13.2 Å². The summed E-state index contributed by atoms with van der Waals surface area (Å²) in [7, 11) is 1.53. The van der Waals surface area contributed by atoms with Crippen LogP contribution in [0.25, 0.3) is 17.1 Å². The quantitative estimate of drug-likeness (QED) is 0.214. The molecule has 0 bridgehead atoms. The van der Waals surface area contributed by atoms with Crippen LogP contribution in [0.5, 0.6) is 5.75 Å². The minimum atomic E-state index is -4.71. The molecule has 174 valence electrons. The monoisotopic (exact) mass is 506 g/mol. The summed E-state index contributed by atoms with van der Waals surface area (Å²) in [4.78, 5) is 10.7. The fraction of sp³-hybridized carbons (Fsp3) is 0.0909. The zero-order valence-corrected chi connectivity index (χ0v) is 18.9. The van der Waals surface area contributed by atoms with Gasteiger partial charge in [0.2, 0.25) is 5.16 Å². The second-order valence-electron chi connectivity index (χ2n) is 6.89. The fourth-order valence-corrected chi connectivity index (χ4v) is 4.17. The number of methoxy groups -OCH3 is 1. The van der Waals surface area contributed by atoms with E-state index in [-0.39, 0.29) is 10.1 Å². The van der Waals surface area contributed by atoms with E-state index < -0.39 is 22.4 Å². The predicted octanol–water partition coefficient (Wildman–Crippen LogP) is 6.67. The second kappa shape index (κ2) is 9.35. The number of halogens is 4. The molecule has 12 heteroatoms. The molecular weight excluding hydrogens is 493 g/mol. The predicted molar refractivity (Wildman–Crippen MR) is 121 cm³/mol. The Morgan fingerprint density at radius 1 is 1.03 bits per heavy atom. The standard InChI is InChI=1S/C22H14ClF3N4O3S/c1-33-17-9-7-16(8-10-17)29-20(13-2-5-15(23)6-3-13)27-28-21(29)34-19-11-4-14(22(24,25)26)12-18(19)30(31)32/h2-12H,1H3. The van der Waals surface area contributed by atoms with E-state index in [0.717, 1.165) is 23.9 Å². The number of ether oxygens (including phenoxy) is 1. The third-order valence-electron chi connectivity index (χ3n) is 4.75. The van der Waals surface area contributed by atoms with Crippen molar-refractivity contribution in [1.29, 1.82) is 0 Å². The first-order valence-electron chi connectivity index (χ1n) is 9.56. The molecule has 0 unspecified atom stereocenters. The minimum Gasteiger partial charge on any atom is -0.497 e. The maximum Gasteiger partial charge on any atom is 0.416 e. The van der Waals surface area contributed by atoms with Crippen molar-refractivity contribution in [1.82, 2.24) is 14.8 Å². The van der Waals surface area contributed by atoms with Crippen molar-refractivity contribution < 1.29 is 22.8 Å². The average Bonchev–Trinajstić information content (AvgIpc) is 3.22. The topological polar surface area (TPSA) is 83.1 Å². The molecule has 7 nitrogen and oxygen atoms in total. The van der Waals surface area contributed by atoms with Gasteiger partial charge < -0.3 is 4.74 Å². The lowest BCUT2D eigenvalue weighted by molar-refractivity contribution is -0.388. The summed E-state index contributed by atoms with van der Waals surface area (Å²) in [6, 6.07) is 16.1. The van der Waals surface area contributed by atoms with Crippen LogP contribution in [0.2, 0.25) is 5.02 Å². The fourth-order valence-electron chi connectivity index (χ4n) is 3.11. The number of alkyl halides is 3. The molecular formula is C22H14ClF3N4O3S. The van der Waals surface area contributed by atoms with Gasteiger partial charge in [-0.1, -0.05) is 11.6 Å². The number of nitrogens with zero attached hydrogens (tertiary/aromatic N) is 4. The van der Waals surface area contributed by atoms with E-state index in [2.05, 4.69) is 10.2 Å². The van der Waals surface area contributed by atoms with E-state index in [9.17, 15) is 23.3 Å². The molecule has 0 aliphatic heterocycles. The largest absolute Gasteiger partial charge is 0.497 e. The molecule has 0 radical (unpaired) electrons. The van der Waals surface area contributed by atoms with Crippen molar-refractivity contribution in [2.24, 2.45) is 0 Å². The van der Waals surface area contributed by atoms with Crippen LogP contribution in [0.4, 0.5) is 18.9 Å². The van der Waals surface area contributed by atoms with Gasteiger partial charge in [0.05, 0.1) is 28.2 Å². The Morgan fingerprint density at radius 2 is 1.71 bits per heavy atom. The van der Waals surface area contributed by atoms with Crippen molar-refractivity contribution in [2.75, 3.05) is 7.11 Å². The van der Waals surface area contributed by atoms with Crippen LogP contribution in [0.15, 0.2) is 76.8 Å². The van der Waals surface area contributed by atoms with Crippen LogP contribution in [0.1, 0.15) is 5.56 Å². The third-order valence-corrected chi connectivity index (χ3v) is 6.01. The Balaban J connectivity index is 1.84. The summed E-state index contributed by atoms with van der Waals surface area (Å²) in [5.74, 6) is 1.02. The van der Waals surface area contributed by atoms with Crippen LogP contribution in [0.3, 0.4) is 0 Å². The zero-order valence-electron chi connectivity index (χ0n) is 17.3. The Bertz CT molecular complexity index is 1340. The lowest BCUT2D eigenvalue weighted by Crippen LogP contribution is -2.06. The first-order chi connectivity index (χ1) is 16.2. The highest BCUT2D eigenvalue weighted by Crippen LogP contribution is 2.40. The number of aromatic nitrogens is 3. The molecule has 0 saturated heterocycles. The lowest BCUT2D eigenvalue weighted by Gasteiger charge is -2.12. The van der Waals surface area contributed by atoms with E-state index in [1.165, 1.54) is 7.11 Å². The highest BCUT2D eigenvalue weighted by molar-refractivity contribution is 7.99. The summed E-state index contributed by atoms with van der Waals surface area (Å²) in [6.45, 7) is 0. The lowest BCUT2D eigenvalue weighted by atomic mass is 10.2. The summed E-state index contributed by atoms with van der Waals surface area (Å²) >= 11 is 6.82. The molecule has 0 amide bonds. The van der Waals surface area contributed by atoms with E-state index in [0.29, 0.717) is 33.9 Å². The maximum atomic E-state index is 13.1. The Labute approximate surface area is 200 Å². The summed E-state index contributed by atoms with van der Waals surface area (Å²) < 4.78 is 46.1. The van der Waals surface area contributed by atoms with Gasteiger partial charge in [-0.25, -0.2) is 0 Å². The number of benzene rings is 3. The number of hydrogen-bond donors (Lipinski definition) is 0. The Morgan fingerprint density at radius 3 is 2.29 bits per heavy atom. The average molecular weight is 507 g/mol. The van der Waals surface area contributed by atoms with Gasteiger partial charge in [0.25, 0.3) is 5.69 Å². The van der Waals surface area contributed by atoms with Crippen molar-refractivity contribution in [3.05, 3.63) is 87.4 Å². The van der Waals surface area contributed by atoms with Crippen molar-refractivity contribution in [3.8, 4) is 22.8 Å². The molecule has 4 rings (SSSR count). The zero-order chi connectivity index (χ0) is 24.5. The molecule has 0 atom stereocenters. The SMILES string of the molecule is COc1ccc(-n2c(Sc3ccc(C(F)(F)F)cc3[N+](=O)[O-])nnc2-c2ccc(Cl)cc2)cc1. The molecule has 4 aromatic rings. The third kappa shape index (κ3) is 4.85.